The number of oxazole rings is 1. The third-order valence-corrected chi connectivity index (χ3v) is 3.03. The van der Waals surface area contributed by atoms with Crippen LogP contribution in [-0.2, 0) is 6.54 Å². The van der Waals surface area contributed by atoms with Gasteiger partial charge in [0.1, 0.15) is 6.26 Å². The molecule has 0 spiro atoms. The van der Waals surface area contributed by atoms with Gasteiger partial charge in [0.25, 0.3) is 0 Å². The Kier molecular flexibility index (Phi) is 4.55. The minimum Gasteiger partial charge on any atom is -0.444 e. The molecule has 0 bridgehead atoms. The summed E-state index contributed by atoms with van der Waals surface area (Å²) >= 11 is 3.49. The van der Waals surface area contributed by atoms with Crippen molar-refractivity contribution in [1.82, 2.24) is 10.3 Å². The standard InChI is InChI=1S/C14H17BrN2O/c1-3-4-16-8-13-9-18-14(17-13)11-5-10(2)6-12(15)7-11/h5-7,9,16H,3-4,8H2,1-2H3. The van der Waals surface area contributed by atoms with Gasteiger partial charge < -0.3 is 9.73 Å². The lowest BCUT2D eigenvalue weighted by molar-refractivity contribution is 0.570. The summed E-state index contributed by atoms with van der Waals surface area (Å²) in [5.41, 5.74) is 3.13. The fourth-order valence-electron chi connectivity index (χ4n) is 1.77. The number of aromatic nitrogens is 1. The summed E-state index contributed by atoms with van der Waals surface area (Å²) in [4.78, 5) is 4.48. The number of halogens is 1. The number of nitrogens with one attached hydrogen (secondary N) is 1. The first-order valence-corrected chi connectivity index (χ1v) is 6.91. The van der Waals surface area contributed by atoms with Crippen molar-refractivity contribution in [1.29, 1.82) is 0 Å². The molecule has 0 unspecified atom stereocenters. The predicted octanol–water partition coefficient (Wildman–Crippen LogP) is 3.91. The van der Waals surface area contributed by atoms with Crippen LogP contribution in [0.1, 0.15) is 24.6 Å². The monoisotopic (exact) mass is 308 g/mol. The van der Waals surface area contributed by atoms with Crippen molar-refractivity contribution in [2.75, 3.05) is 6.54 Å². The van der Waals surface area contributed by atoms with Crippen LogP contribution in [0.2, 0.25) is 0 Å². The van der Waals surface area contributed by atoms with Gasteiger partial charge in [-0.1, -0.05) is 22.9 Å². The summed E-state index contributed by atoms with van der Waals surface area (Å²) in [5.74, 6) is 0.674. The van der Waals surface area contributed by atoms with Gasteiger partial charge in [-0.3, -0.25) is 0 Å². The van der Waals surface area contributed by atoms with Crippen LogP contribution in [0.5, 0.6) is 0 Å². The normalized spacial score (nSPS) is 10.8. The lowest BCUT2D eigenvalue weighted by Gasteiger charge is -2.00. The Morgan fingerprint density at radius 1 is 1.33 bits per heavy atom. The van der Waals surface area contributed by atoms with E-state index in [4.69, 9.17) is 4.42 Å². The van der Waals surface area contributed by atoms with Crippen molar-refractivity contribution in [2.45, 2.75) is 26.8 Å². The van der Waals surface area contributed by atoms with Gasteiger partial charge in [-0.25, -0.2) is 4.98 Å². The zero-order valence-corrected chi connectivity index (χ0v) is 12.3. The number of hydrogen-bond acceptors (Lipinski definition) is 3. The summed E-state index contributed by atoms with van der Waals surface area (Å²) in [7, 11) is 0. The van der Waals surface area contributed by atoms with Crippen molar-refractivity contribution in [3.05, 3.63) is 40.2 Å². The Morgan fingerprint density at radius 3 is 2.89 bits per heavy atom. The molecular weight excluding hydrogens is 292 g/mol. The molecule has 0 aliphatic carbocycles. The van der Waals surface area contributed by atoms with Gasteiger partial charge in [0, 0.05) is 16.6 Å². The molecule has 96 valence electrons. The number of rotatable bonds is 5. The van der Waals surface area contributed by atoms with Gasteiger partial charge in [-0.15, -0.1) is 0 Å². The molecular formula is C14H17BrN2O. The van der Waals surface area contributed by atoms with Crippen LogP contribution in [0, 0.1) is 6.92 Å². The van der Waals surface area contributed by atoms with E-state index in [0.29, 0.717) is 5.89 Å². The van der Waals surface area contributed by atoms with Crippen LogP contribution in [0.3, 0.4) is 0 Å². The topological polar surface area (TPSA) is 38.1 Å². The predicted molar refractivity (Wildman–Crippen MR) is 76.4 cm³/mol. The van der Waals surface area contributed by atoms with Crippen molar-refractivity contribution in [3.63, 3.8) is 0 Å². The molecule has 1 aromatic heterocycles. The molecule has 0 saturated heterocycles. The molecule has 3 nitrogen and oxygen atoms in total. The van der Waals surface area contributed by atoms with Crippen LogP contribution >= 0.6 is 15.9 Å². The highest BCUT2D eigenvalue weighted by Crippen LogP contribution is 2.24. The highest BCUT2D eigenvalue weighted by molar-refractivity contribution is 9.10. The fraction of sp³-hybridized carbons (Fsp3) is 0.357. The van der Waals surface area contributed by atoms with Gasteiger partial charge in [-0.2, -0.15) is 0 Å². The number of nitrogens with zero attached hydrogens (tertiary/aromatic N) is 1. The van der Waals surface area contributed by atoms with E-state index in [0.717, 1.165) is 35.2 Å². The van der Waals surface area contributed by atoms with Crippen molar-refractivity contribution >= 4 is 15.9 Å². The maximum atomic E-state index is 5.52. The molecule has 18 heavy (non-hydrogen) atoms. The SMILES string of the molecule is CCCNCc1coc(-c2cc(C)cc(Br)c2)n1. The molecule has 0 aliphatic heterocycles. The number of hydrogen-bond donors (Lipinski definition) is 1. The molecule has 0 atom stereocenters. The maximum Gasteiger partial charge on any atom is 0.226 e. The highest BCUT2D eigenvalue weighted by Gasteiger charge is 2.07. The minimum atomic E-state index is 0.674. The Balaban J connectivity index is 2.13. The first-order chi connectivity index (χ1) is 8.69. The van der Waals surface area contributed by atoms with E-state index < -0.39 is 0 Å². The number of benzene rings is 1. The molecule has 0 amide bonds. The van der Waals surface area contributed by atoms with E-state index in [9.17, 15) is 0 Å². The van der Waals surface area contributed by atoms with E-state index in [-0.39, 0.29) is 0 Å². The largest absolute Gasteiger partial charge is 0.444 e. The average molecular weight is 309 g/mol. The zero-order chi connectivity index (χ0) is 13.0. The van der Waals surface area contributed by atoms with Crippen LogP contribution in [-0.4, -0.2) is 11.5 Å². The molecule has 1 heterocycles. The Bertz CT molecular complexity index is 502. The summed E-state index contributed by atoms with van der Waals surface area (Å²) < 4.78 is 6.56. The van der Waals surface area contributed by atoms with Gasteiger partial charge in [0.05, 0.1) is 5.69 Å². The maximum absolute atomic E-state index is 5.52. The summed E-state index contributed by atoms with van der Waals surface area (Å²) in [6, 6.07) is 6.15. The van der Waals surface area contributed by atoms with Gasteiger partial charge in [-0.05, 0) is 43.7 Å². The van der Waals surface area contributed by atoms with Crippen molar-refractivity contribution in [3.8, 4) is 11.5 Å². The molecule has 2 rings (SSSR count). The van der Waals surface area contributed by atoms with Crippen molar-refractivity contribution < 1.29 is 4.42 Å². The average Bonchev–Trinajstić information content (AvgIpc) is 2.77. The van der Waals surface area contributed by atoms with E-state index in [2.05, 4.69) is 52.2 Å². The lowest BCUT2D eigenvalue weighted by atomic mass is 10.1. The van der Waals surface area contributed by atoms with Crippen LogP contribution < -0.4 is 5.32 Å². The smallest absolute Gasteiger partial charge is 0.226 e. The van der Waals surface area contributed by atoms with Crippen molar-refractivity contribution in [2.24, 2.45) is 0 Å². The first-order valence-electron chi connectivity index (χ1n) is 6.11. The number of aryl methyl sites for hydroxylation is 1. The van der Waals surface area contributed by atoms with E-state index in [1.54, 1.807) is 6.26 Å². The molecule has 0 fully saturated rings. The second-order valence-corrected chi connectivity index (χ2v) is 5.25. The van der Waals surface area contributed by atoms with Crippen LogP contribution in [0.4, 0.5) is 0 Å². The van der Waals surface area contributed by atoms with Gasteiger partial charge in [0.15, 0.2) is 0 Å². The third kappa shape index (κ3) is 3.43. The molecule has 0 saturated carbocycles. The highest BCUT2D eigenvalue weighted by atomic mass is 79.9. The molecule has 4 heteroatoms. The van der Waals surface area contributed by atoms with Gasteiger partial charge >= 0.3 is 0 Å². The molecule has 1 N–H and O–H groups in total. The van der Waals surface area contributed by atoms with Gasteiger partial charge in [0.2, 0.25) is 5.89 Å². The minimum absolute atomic E-state index is 0.674. The molecule has 0 aliphatic rings. The summed E-state index contributed by atoms with van der Waals surface area (Å²) in [6.45, 7) is 5.95. The summed E-state index contributed by atoms with van der Waals surface area (Å²) in [5, 5.41) is 3.31. The Hall–Kier alpha value is -1.13. The molecule has 1 aromatic carbocycles. The van der Waals surface area contributed by atoms with E-state index in [1.807, 2.05) is 6.07 Å². The lowest BCUT2D eigenvalue weighted by Crippen LogP contribution is -2.13. The van der Waals surface area contributed by atoms with E-state index in [1.165, 1.54) is 5.56 Å². The first kappa shape index (κ1) is 13.3. The fourth-order valence-corrected chi connectivity index (χ4v) is 2.38. The van der Waals surface area contributed by atoms with Crippen LogP contribution in [0.25, 0.3) is 11.5 Å². The van der Waals surface area contributed by atoms with Crippen LogP contribution in [0.15, 0.2) is 33.4 Å². The molecule has 0 radical (unpaired) electrons. The third-order valence-electron chi connectivity index (χ3n) is 2.57. The molecule has 2 aromatic rings. The Labute approximate surface area is 116 Å². The second kappa shape index (κ2) is 6.16. The zero-order valence-electron chi connectivity index (χ0n) is 10.7. The Morgan fingerprint density at radius 2 is 2.17 bits per heavy atom. The summed E-state index contributed by atoms with van der Waals surface area (Å²) in [6.07, 6.45) is 2.84. The second-order valence-electron chi connectivity index (χ2n) is 4.34. The van der Waals surface area contributed by atoms with E-state index >= 15 is 0 Å². The quantitative estimate of drug-likeness (QED) is 0.851.